The summed E-state index contributed by atoms with van der Waals surface area (Å²) in [5.74, 6) is -0.302. The fraction of sp³-hybridized carbons (Fsp3) is 0.700. The lowest BCUT2D eigenvalue weighted by Gasteiger charge is -2.48. The van der Waals surface area contributed by atoms with Gasteiger partial charge in [0, 0.05) is 24.6 Å². The number of nitrogens with zero attached hydrogens (tertiary/aromatic N) is 1. The van der Waals surface area contributed by atoms with Crippen LogP contribution in [0.5, 0.6) is 0 Å². The number of carbonyl (C=O) groups excluding carboxylic acids is 2. The van der Waals surface area contributed by atoms with Crippen molar-refractivity contribution in [3.8, 4) is 0 Å². The van der Waals surface area contributed by atoms with Crippen LogP contribution in [-0.2, 0) is 9.53 Å². The SMILES string of the molecule is COCC(=O)N[C@H]1[C@H](c2cccs2)N(C(=O)NC2CCCCC2)CC[C@@]1(C)O. The van der Waals surface area contributed by atoms with E-state index in [-0.39, 0.29) is 24.6 Å². The molecular formula is C20H31N3O4S. The number of thiophene rings is 1. The average molecular weight is 410 g/mol. The number of amides is 3. The molecule has 2 fully saturated rings. The van der Waals surface area contributed by atoms with Gasteiger partial charge >= 0.3 is 6.03 Å². The number of carbonyl (C=O) groups is 2. The van der Waals surface area contributed by atoms with Crippen LogP contribution >= 0.6 is 11.3 Å². The first-order chi connectivity index (χ1) is 13.4. The van der Waals surface area contributed by atoms with Crippen molar-refractivity contribution >= 4 is 23.3 Å². The van der Waals surface area contributed by atoms with Crippen LogP contribution in [0.1, 0.15) is 56.4 Å². The maximum atomic E-state index is 13.1. The van der Waals surface area contributed by atoms with Gasteiger partial charge in [-0.2, -0.15) is 0 Å². The summed E-state index contributed by atoms with van der Waals surface area (Å²) in [6.45, 7) is 2.07. The number of ether oxygens (including phenoxy) is 1. The van der Waals surface area contributed by atoms with E-state index in [2.05, 4.69) is 10.6 Å². The number of methoxy groups -OCH3 is 1. The number of hydrogen-bond acceptors (Lipinski definition) is 5. The van der Waals surface area contributed by atoms with E-state index in [9.17, 15) is 14.7 Å². The molecule has 1 aromatic heterocycles. The third-order valence-corrected chi connectivity index (χ3v) is 6.74. The smallest absolute Gasteiger partial charge is 0.318 e. The highest BCUT2D eigenvalue weighted by Crippen LogP contribution is 2.39. The van der Waals surface area contributed by atoms with Gasteiger partial charge in [0.2, 0.25) is 5.91 Å². The van der Waals surface area contributed by atoms with Gasteiger partial charge in [0.25, 0.3) is 0 Å². The van der Waals surface area contributed by atoms with Crippen LogP contribution < -0.4 is 10.6 Å². The largest absolute Gasteiger partial charge is 0.388 e. The third-order valence-electron chi connectivity index (χ3n) is 5.80. The molecule has 3 N–H and O–H groups in total. The van der Waals surface area contributed by atoms with Crippen molar-refractivity contribution in [3.63, 3.8) is 0 Å². The van der Waals surface area contributed by atoms with Gasteiger partial charge < -0.3 is 25.4 Å². The van der Waals surface area contributed by atoms with Crippen LogP contribution in [0.3, 0.4) is 0 Å². The van der Waals surface area contributed by atoms with Crippen LogP contribution in [0.2, 0.25) is 0 Å². The van der Waals surface area contributed by atoms with Gasteiger partial charge in [-0.3, -0.25) is 4.79 Å². The quantitative estimate of drug-likeness (QED) is 0.697. The zero-order chi connectivity index (χ0) is 20.1. The van der Waals surface area contributed by atoms with Crippen LogP contribution in [0.4, 0.5) is 4.79 Å². The zero-order valence-corrected chi connectivity index (χ0v) is 17.5. The molecule has 1 saturated carbocycles. The number of nitrogens with one attached hydrogen (secondary N) is 2. The van der Waals surface area contributed by atoms with E-state index >= 15 is 0 Å². The first-order valence-corrected chi connectivity index (χ1v) is 10.9. The minimum Gasteiger partial charge on any atom is -0.388 e. The molecule has 156 valence electrons. The van der Waals surface area contributed by atoms with Gasteiger partial charge in [-0.25, -0.2) is 4.79 Å². The Balaban J connectivity index is 1.83. The molecule has 1 aliphatic carbocycles. The molecule has 0 radical (unpaired) electrons. The lowest BCUT2D eigenvalue weighted by atomic mass is 9.82. The Morgan fingerprint density at radius 2 is 2.07 bits per heavy atom. The van der Waals surface area contributed by atoms with Crippen molar-refractivity contribution in [2.45, 2.75) is 69.2 Å². The first kappa shape index (κ1) is 21.1. The van der Waals surface area contributed by atoms with E-state index in [1.807, 2.05) is 17.5 Å². The number of rotatable bonds is 5. The maximum absolute atomic E-state index is 13.1. The summed E-state index contributed by atoms with van der Waals surface area (Å²) in [6, 6.07) is 2.93. The van der Waals surface area contributed by atoms with Crippen LogP contribution in [0.15, 0.2) is 17.5 Å². The summed E-state index contributed by atoms with van der Waals surface area (Å²) in [5.41, 5.74) is -1.13. The normalized spacial score (nSPS) is 28.8. The van der Waals surface area contributed by atoms with Crippen molar-refractivity contribution in [1.29, 1.82) is 0 Å². The van der Waals surface area contributed by atoms with Gasteiger partial charge in [-0.1, -0.05) is 25.3 Å². The second-order valence-electron chi connectivity index (χ2n) is 8.02. The molecule has 3 rings (SSSR count). The third kappa shape index (κ3) is 4.85. The Bertz CT molecular complexity index is 658. The fourth-order valence-electron chi connectivity index (χ4n) is 4.25. The van der Waals surface area contributed by atoms with E-state index in [0.717, 1.165) is 30.6 Å². The van der Waals surface area contributed by atoms with Crippen LogP contribution in [0.25, 0.3) is 0 Å². The molecule has 8 heteroatoms. The molecule has 0 bridgehead atoms. The summed E-state index contributed by atoms with van der Waals surface area (Å²) >= 11 is 1.53. The molecule has 2 aliphatic rings. The molecule has 0 unspecified atom stereocenters. The van der Waals surface area contributed by atoms with Crippen LogP contribution in [-0.4, -0.2) is 59.9 Å². The maximum Gasteiger partial charge on any atom is 0.318 e. The second kappa shape index (κ2) is 9.24. The second-order valence-corrected chi connectivity index (χ2v) is 9.00. The van der Waals surface area contributed by atoms with Crippen molar-refractivity contribution in [1.82, 2.24) is 15.5 Å². The Morgan fingerprint density at radius 1 is 1.32 bits per heavy atom. The summed E-state index contributed by atoms with van der Waals surface area (Å²) < 4.78 is 4.93. The van der Waals surface area contributed by atoms with E-state index in [1.54, 1.807) is 11.8 Å². The predicted octanol–water partition coefficient (Wildman–Crippen LogP) is 2.42. The minimum atomic E-state index is -1.13. The summed E-state index contributed by atoms with van der Waals surface area (Å²) in [5, 5.41) is 19.1. The van der Waals surface area contributed by atoms with Crippen LogP contribution in [0, 0.1) is 0 Å². The number of piperidine rings is 1. The molecule has 3 atom stereocenters. The first-order valence-electron chi connectivity index (χ1n) is 10.0. The van der Waals surface area contributed by atoms with Crippen molar-refractivity contribution in [3.05, 3.63) is 22.4 Å². The van der Waals surface area contributed by atoms with Gasteiger partial charge in [-0.05, 0) is 37.6 Å². The van der Waals surface area contributed by atoms with Crippen molar-refractivity contribution in [2.75, 3.05) is 20.3 Å². The van der Waals surface area contributed by atoms with Crippen molar-refractivity contribution in [2.24, 2.45) is 0 Å². The Hall–Kier alpha value is -1.64. The molecule has 28 heavy (non-hydrogen) atoms. The Labute approximate surface area is 170 Å². The molecule has 1 aliphatic heterocycles. The number of hydrogen-bond donors (Lipinski definition) is 3. The molecule has 2 heterocycles. The lowest BCUT2D eigenvalue weighted by molar-refractivity contribution is -0.131. The van der Waals surface area contributed by atoms with Gasteiger partial charge in [0.1, 0.15) is 6.61 Å². The minimum absolute atomic E-state index is 0.0853. The molecule has 1 saturated heterocycles. The molecule has 3 amide bonds. The predicted molar refractivity (Wildman–Crippen MR) is 108 cm³/mol. The Kier molecular flexibility index (Phi) is 6.95. The van der Waals surface area contributed by atoms with E-state index in [4.69, 9.17) is 4.74 Å². The monoisotopic (exact) mass is 409 g/mol. The summed E-state index contributed by atoms with van der Waals surface area (Å²) in [7, 11) is 1.46. The lowest BCUT2D eigenvalue weighted by Crippen LogP contribution is -2.65. The van der Waals surface area contributed by atoms with E-state index < -0.39 is 17.7 Å². The molecule has 0 aromatic carbocycles. The number of urea groups is 1. The Morgan fingerprint density at radius 3 is 2.71 bits per heavy atom. The highest BCUT2D eigenvalue weighted by Gasteiger charge is 2.48. The topological polar surface area (TPSA) is 90.9 Å². The highest BCUT2D eigenvalue weighted by molar-refractivity contribution is 7.10. The van der Waals surface area contributed by atoms with Crippen molar-refractivity contribution < 1.29 is 19.4 Å². The highest BCUT2D eigenvalue weighted by atomic mass is 32.1. The van der Waals surface area contributed by atoms with Gasteiger partial charge in [0.15, 0.2) is 0 Å². The zero-order valence-electron chi connectivity index (χ0n) is 16.6. The summed E-state index contributed by atoms with van der Waals surface area (Å²) in [4.78, 5) is 28.1. The number of likely N-dealkylation sites (tertiary alicyclic amines) is 1. The van der Waals surface area contributed by atoms with E-state index in [0.29, 0.717) is 13.0 Å². The number of aliphatic hydroxyl groups is 1. The average Bonchev–Trinajstić information content (AvgIpc) is 3.18. The van der Waals surface area contributed by atoms with E-state index in [1.165, 1.54) is 24.9 Å². The standard InChI is InChI=1S/C20H31N3O4S/c1-20(26)10-11-23(19(25)21-14-7-4-3-5-8-14)17(15-9-6-12-28-15)18(20)22-16(24)13-27-2/h6,9,12,14,17-18,26H,3-5,7-8,10-11,13H2,1-2H3,(H,21,25)(H,22,24)/t17-,18-,20+/m0/s1. The summed E-state index contributed by atoms with van der Waals surface area (Å²) in [6.07, 6.45) is 5.92. The fourth-order valence-corrected chi connectivity index (χ4v) is 5.13. The molecule has 1 aromatic rings. The van der Waals surface area contributed by atoms with Gasteiger partial charge in [0.05, 0.1) is 17.7 Å². The van der Waals surface area contributed by atoms with Gasteiger partial charge in [-0.15, -0.1) is 11.3 Å². The molecule has 7 nitrogen and oxygen atoms in total. The molecule has 0 spiro atoms. The molecular weight excluding hydrogens is 378 g/mol.